The van der Waals surface area contributed by atoms with Gasteiger partial charge in [0, 0.05) is 29.4 Å². The number of fused-ring (bicyclic) bond motifs is 1. The Kier molecular flexibility index (Phi) is 6.03. The lowest BCUT2D eigenvalue weighted by atomic mass is 10.1. The molecule has 0 saturated heterocycles. The van der Waals surface area contributed by atoms with Crippen LogP contribution in [0.5, 0.6) is 0 Å². The van der Waals surface area contributed by atoms with Crippen LogP contribution < -0.4 is 11.1 Å². The van der Waals surface area contributed by atoms with E-state index in [9.17, 15) is 4.79 Å². The summed E-state index contributed by atoms with van der Waals surface area (Å²) in [5.74, 6) is 1.12. The summed E-state index contributed by atoms with van der Waals surface area (Å²) in [5.41, 5.74) is 9.58. The van der Waals surface area contributed by atoms with E-state index in [2.05, 4.69) is 20.4 Å². The molecule has 0 atom stereocenters. The molecule has 7 nitrogen and oxygen atoms in total. The van der Waals surface area contributed by atoms with E-state index in [1.807, 2.05) is 38.1 Å². The molecule has 3 rings (SSSR count). The van der Waals surface area contributed by atoms with E-state index >= 15 is 0 Å². The van der Waals surface area contributed by atoms with Gasteiger partial charge in [0.05, 0.1) is 6.54 Å². The summed E-state index contributed by atoms with van der Waals surface area (Å²) < 4.78 is 1.70. The van der Waals surface area contributed by atoms with Crippen molar-refractivity contribution in [2.45, 2.75) is 39.7 Å². The number of nitrogens with two attached hydrogens (primary N) is 1. The summed E-state index contributed by atoms with van der Waals surface area (Å²) in [4.78, 5) is 21.0. The van der Waals surface area contributed by atoms with Gasteiger partial charge < -0.3 is 11.1 Å². The molecular weight excluding hydrogens is 364 g/mol. The molecule has 0 unspecified atom stereocenters. The number of carbonyl (C=O) groups is 1. The lowest BCUT2D eigenvalue weighted by Crippen LogP contribution is -2.26. The van der Waals surface area contributed by atoms with Crippen LogP contribution in [0.3, 0.4) is 0 Å². The van der Waals surface area contributed by atoms with Crippen molar-refractivity contribution in [3.8, 4) is 0 Å². The van der Waals surface area contributed by atoms with Crippen LogP contribution in [0.4, 0.5) is 0 Å². The zero-order valence-corrected chi connectivity index (χ0v) is 16.3. The Morgan fingerprint density at radius 3 is 2.63 bits per heavy atom. The molecule has 142 valence electrons. The van der Waals surface area contributed by atoms with Gasteiger partial charge in [0.1, 0.15) is 0 Å². The van der Waals surface area contributed by atoms with Crippen molar-refractivity contribution < 1.29 is 4.79 Å². The predicted molar refractivity (Wildman–Crippen MR) is 105 cm³/mol. The fraction of sp³-hybridized carbons (Fsp3) is 0.368. The third kappa shape index (κ3) is 4.61. The zero-order chi connectivity index (χ0) is 19.4. The van der Waals surface area contributed by atoms with Gasteiger partial charge in [0.15, 0.2) is 5.82 Å². The monoisotopic (exact) mass is 386 g/mol. The molecule has 0 spiro atoms. The maximum absolute atomic E-state index is 12.2. The van der Waals surface area contributed by atoms with Gasteiger partial charge in [-0.2, -0.15) is 4.98 Å². The lowest BCUT2D eigenvalue weighted by molar-refractivity contribution is -0.121. The van der Waals surface area contributed by atoms with Crippen LogP contribution in [0.25, 0.3) is 5.78 Å². The number of benzene rings is 1. The van der Waals surface area contributed by atoms with Gasteiger partial charge >= 0.3 is 0 Å². The van der Waals surface area contributed by atoms with Crippen molar-refractivity contribution >= 4 is 23.3 Å². The highest BCUT2D eigenvalue weighted by Gasteiger charge is 2.14. The zero-order valence-electron chi connectivity index (χ0n) is 15.5. The molecule has 0 aliphatic heterocycles. The minimum absolute atomic E-state index is 0.0177. The summed E-state index contributed by atoms with van der Waals surface area (Å²) in [7, 11) is 0. The number of nitrogens with zero attached hydrogens (tertiary/aromatic N) is 4. The number of hydrogen-bond acceptors (Lipinski definition) is 5. The standard InChI is InChI=1S/C19H23ClN6O/c1-12-16(13(2)26-19(23-12)24-17(11-21)25-26)7-8-18(27)22-10-9-14-3-5-15(20)6-4-14/h3-6H,7-11,21H2,1-2H3,(H,22,27). The van der Waals surface area contributed by atoms with Crippen molar-refractivity contribution in [3.63, 3.8) is 0 Å². The minimum Gasteiger partial charge on any atom is -0.356 e. The van der Waals surface area contributed by atoms with Gasteiger partial charge in [-0.05, 0) is 49.9 Å². The average molecular weight is 387 g/mol. The third-order valence-corrected chi connectivity index (χ3v) is 4.78. The molecule has 8 heteroatoms. The van der Waals surface area contributed by atoms with Gasteiger partial charge in [-0.3, -0.25) is 4.79 Å². The number of amides is 1. The van der Waals surface area contributed by atoms with Crippen LogP contribution in [-0.2, 0) is 24.2 Å². The smallest absolute Gasteiger partial charge is 0.252 e. The summed E-state index contributed by atoms with van der Waals surface area (Å²) in [6.45, 7) is 4.76. The Morgan fingerprint density at radius 1 is 1.19 bits per heavy atom. The molecule has 1 aromatic carbocycles. The average Bonchev–Trinajstić information content (AvgIpc) is 3.06. The van der Waals surface area contributed by atoms with Gasteiger partial charge in [-0.15, -0.1) is 5.10 Å². The fourth-order valence-corrected chi connectivity index (χ4v) is 3.15. The highest BCUT2D eigenvalue weighted by molar-refractivity contribution is 6.30. The molecule has 3 N–H and O–H groups in total. The van der Waals surface area contributed by atoms with Crippen LogP contribution >= 0.6 is 11.6 Å². The largest absolute Gasteiger partial charge is 0.356 e. The Hall–Kier alpha value is -2.51. The van der Waals surface area contributed by atoms with Crippen LogP contribution in [-0.4, -0.2) is 32.0 Å². The highest BCUT2D eigenvalue weighted by atomic mass is 35.5. The number of hydrogen-bond donors (Lipinski definition) is 2. The molecule has 0 aliphatic carbocycles. The first-order chi connectivity index (χ1) is 13.0. The minimum atomic E-state index is 0.0177. The fourth-order valence-electron chi connectivity index (χ4n) is 3.02. The number of aryl methyl sites for hydroxylation is 2. The SMILES string of the molecule is Cc1nc2nc(CN)nn2c(C)c1CCC(=O)NCCc1ccc(Cl)cc1. The van der Waals surface area contributed by atoms with E-state index in [0.717, 1.165) is 28.9 Å². The molecule has 2 aromatic heterocycles. The molecule has 27 heavy (non-hydrogen) atoms. The Balaban J connectivity index is 1.57. The van der Waals surface area contributed by atoms with Gasteiger partial charge in [-0.25, -0.2) is 9.50 Å². The third-order valence-electron chi connectivity index (χ3n) is 4.53. The second-order valence-electron chi connectivity index (χ2n) is 6.43. The normalized spacial score (nSPS) is 11.1. The van der Waals surface area contributed by atoms with Crippen molar-refractivity contribution in [1.82, 2.24) is 24.9 Å². The number of nitrogens with one attached hydrogen (secondary N) is 1. The van der Waals surface area contributed by atoms with Crippen LogP contribution in [0.15, 0.2) is 24.3 Å². The van der Waals surface area contributed by atoms with Crippen molar-refractivity contribution in [2.24, 2.45) is 5.73 Å². The van der Waals surface area contributed by atoms with E-state index < -0.39 is 0 Å². The van der Waals surface area contributed by atoms with E-state index in [4.69, 9.17) is 17.3 Å². The topological polar surface area (TPSA) is 98.2 Å². The first kappa shape index (κ1) is 19.3. The summed E-state index contributed by atoms with van der Waals surface area (Å²) >= 11 is 5.88. The molecule has 1 amide bonds. The van der Waals surface area contributed by atoms with Crippen LogP contribution in [0.2, 0.25) is 5.02 Å². The van der Waals surface area contributed by atoms with Crippen molar-refractivity contribution in [2.75, 3.05) is 6.54 Å². The maximum atomic E-state index is 12.2. The van der Waals surface area contributed by atoms with Gasteiger partial charge in [0.2, 0.25) is 5.91 Å². The van der Waals surface area contributed by atoms with Crippen LogP contribution in [0.1, 0.15) is 34.8 Å². The number of rotatable bonds is 7. The maximum Gasteiger partial charge on any atom is 0.252 e. The number of carbonyl (C=O) groups excluding carboxylic acids is 1. The van der Waals surface area contributed by atoms with Crippen LogP contribution in [0, 0.1) is 13.8 Å². The first-order valence-electron chi connectivity index (χ1n) is 8.91. The summed E-state index contributed by atoms with van der Waals surface area (Å²) in [6.07, 6.45) is 1.77. The Morgan fingerprint density at radius 2 is 1.93 bits per heavy atom. The van der Waals surface area contributed by atoms with E-state index in [0.29, 0.717) is 36.0 Å². The second kappa shape index (κ2) is 8.45. The molecular formula is C19H23ClN6O. The molecule has 2 heterocycles. The van der Waals surface area contributed by atoms with Gasteiger partial charge in [-0.1, -0.05) is 23.7 Å². The molecule has 0 radical (unpaired) electrons. The molecule has 3 aromatic rings. The Bertz CT molecular complexity index is 951. The second-order valence-corrected chi connectivity index (χ2v) is 6.87. The van der Waals surface area contributed by atoms with Gasteiger partial charge in [0.25, 0.3) is 5.78 Å². The quantitative estimate of drug-likeness (QED) is 0.648. The summed E-state index contributed by atoms with van der Waals surface area (Å²) in [5, 5.41) is 8.03. The highest BCUT2D eigenvalue weighted by Crippen LogP contribution is 2.15. The summed E-state index contributed by atoms with van der Waals surface area (Å²) in [6, 6.07) is 7.65. The van der Waals surface area contributed by atoms with E-state index in [-0.39, 0.29) is 12.5 Å². The number of halogens is 1. The predicted octanol–water partition coefficient (Wildman–Crippen LogP) is 2.14. The molecule has 0 fully saturated rings. The van der Waals surface area contributed by atoms with E-state index in [1.54, 1.807) is 4.52 Å². The number of aromatic nitrogens is 4. The first-order valence-corrected chi connectivity index (χ1v) is 9.28. The molecule has 0 saturated carbocycles. The van der Waals surface area contributed by atoms with Crippen molar-refractivity contribution in [1.29, 1.82) is 0 Å². The lowest BCUT2D eigenvalue weighted by Gasteiger charge is -2.10. The molecule has 0 aliphatic rings. The van der Waals surface area contributed by atoms with E-state index in [1.165, 1.54) is 0 Å². The van der Waals surface area contributed by atoms with Crippen molar-refractivity contribution in [3.05, 3.63) is 57.6 Å². The molecule has 0 bridgehead atoms. The Labute approximate surface area is 163 Å².